The highest BCUT2D eigenvalue weighted by atomic mass is 16.6. The molecule has 1 aromatic heterocycles. The lowest BCUT2D eigenvalue weighted by Gasteiger charge is -2.21. The summed E-state index contributed by atoms with van der Waals surface area (Å²) in [6, 6.07) is 15.3. The minimum Gasteiger partial charge on any atom is -0.486 e. The fraction of sp³-hybridized carbons (Fsp3) is 0.238. The average Bonchev–Trinajstić information content (AvgIpc) is 3.09. The Hall–Kier alpha value is -3.28. The summed E-state index contributed by atoms with van der Waals surface area (Å²) in [5, 5.41) is 0. The van der Waals surface area contributed by atoms with E-state index >= 15 is 0 Å². The second-order valence-corrected chi connectivity index (χ2v) is 6.43. The summed E-state index contributed by atoms with van der Waals surface area (Å²) in [6.07, 6.45) is 0. The van der Waals surface area contributed by atoms with Crippen LogP contribution >= 0.6 is 0 Å². The lowest BCUT2D eigenvalue weighted by atomic mass is 10.1. The maximum atomic E-state index is 12.9. The van der Waals surface area contributed by atoms with Crippen LogP contribution in [0.1, 0.15) is 21.8 Å². The molecule has 6 nitrogen and oxygen atoms in total. The first-order valence-corrected chi connectivity index (χ1v) is 8.78. The molecule has 27 heavy (non-hydrogen) atoms. The van der Waals surface area contributed by atoms with E-state index in [4.69, 9.17) is 13.9 Å². The van der Waals surface area contributed by atoms with Crippen molar-refractivity contribution in [2.45, 2.75) is 13.5 Å². The lowest BCUT2D eigenvalue weighted by Crippen LogP contribution is -2.27. The van der Waals surface area contributed by atoms with E-state index in [9.17, 15) is 4.79 Å². The average molecular weight is 364 g/mol. The summed E-state index contributed by atoms with van der Waals surface area (Å²) >= 11 is 0. The predicted octanol–water partition coefficient (Wildman–Crippen LogP) is 3.69. The van der Waals surface area contributed by atoms with E-state index in [1.54, 1.807) is 18.9 Å². The number of aromatic nitrogens is 1. The Bertz CT molecular complexity index is 966. The van der Waals surface area contributed by atoms with Crippen molar-refractivity contribution < 1.29 is 18.7 Å². The zero-order chi connectivity index (χ0) is 18.8. The molecule has 3 aromatic rings. The van der Waals surface area contributed by atoms with Gasteiger partial charge in [0.15, 0.2) is 17.2 Å². The Morgan fingerprint density at radius 1 is 1.07 bits per heavy atom. The zero-order valence-corrected chi connectivity index (χ0v) is 15.3. The van der Waals surface area contributed by atoms with Gasteiger partial charge in [0.05, 0.1) is 0 Å². The minimum absolute atomic E-state index is 0.187. The summed E-state index contributed by atoms with van der Waals surface area (Å²) in [7, 11) is 1.75. The molecule has 0 bridgehead atoms. The van der Waals surface area contributed by atoms with Crippen LogP contribution in [0.2, 0.25) is 0 Å². The van der Waals surface area contributed by atoms with Gasteiger partial charge in [0.2, 0.25) is 5.89 Å². The van der Waals surface area contributed by atoms with Crippen LogP contribution in [0.3, 0.4) is 0 Å². The van der Waals surface area contributed by atoms with Gasteiger partial charge < -0.3 is 18.8 Å². The van der Waals surface area contributed by atoms with Gasteiger partial charge in [0.25, 0.3) is 5.91 Å². The molecule has 0 spiro atoms. The van der Waals surface area contributed by atoms with E-state index in [0.717, 1.165) is 16.9 Å². The Kier molecular flexibility index (Phi) is 4.54. The van der Waals surface area contributed by atoms with Crippen molar-refractivity contribution in [3.63, 3.8) is 0 Å². The maximum Gasteiger partial charge on any atom is 0.276 e. The number of fused-ring (bicyclic) bond motifs is 1. The molecule has 4 rings (SSSR count). The Labute approximate surface area is 157 Å². The number of hydrogen-bond donors (Lipinski definition) is 0. The molecule has 0 unspecified atom stereocenters. The number of rotatable bonds is 4. The fourth-order valence-corrected chi connectivity index (χ4v) is 3.01. The molecule has 0 aliphatic carbocycles. The van der Waals surface area contributed by atoms with Crippen LogP contribution in [-0.2, 0) is 6.54 Å². The molecule has 138 valence electrons. The lowest BCUT2D eigenvalue weighted by molar-refractivity contribution is 0.0778. The van der Waals surface area contributed by atoms with Gasteiger partial charge in [-0.2, -0.15) is 0 Å². The first-order chi connectivity index (χ1) is 13.1. The second-order valence-electron chi connectivity index (χ2n) is 6.43. The fourth-order valence-electron chi connectivity index (χ4n) is 3.01. The smallest absolute Gasteiger partial charge is 0.276 e. The van der Waals surface area contributed by atoms with Crippen LogP contribution in [0, 0.1) is 6.92 Å². The summed E-state index contributed by atoms with van der Waals surface area (Å²) in [6.45, 7) is 3.28. The van der Waals surface area contributed by atoms with Gasteiger partial charge in [0.1, 0.15) is 19.0 Å². The molecule has 0 N–H and O–H groups in total. The standard InChI is InChI=1S/C21H20N2O4/c1-14-19(22-20(27-14)16-6-4-3-5-7-16)21(24)23(2)13-15-8-9-17-18(12-15)26-11-10-25-17/h3-9,12H,10-11,13H2,1-2H3. The molecule has 2 aromatic carbocycles. The molecule has 0 fully saturated rings. The number of benzene rings is 2. The van der Waals surface area contributed by atoms with Gasteiger partial charge in [-0.3, -0.25) is 4.79 Å². The Morgan fingerprint density at radius 2 is 1.81 bits per heavy atom. The molecule has 2 heterocycles. The molecule has 1 amide bonds. The van der Waals surface area contributed by atoms with Crippen LogP contribution < -0.4 is 9.47 Å². The Morgan fingerprint density at radius 3 is 2.59 bits per heavy atom. The molecule has 6 heteroatoms. The number of nitrogens with zero attached hydrogens (tertiary/aromatic N) is 2. The van der Waals surface area contributed by atoms with Crippen LogP contribution in [0.4, 0.5) is 0 Å². The number of amides is 1. The maximum absolute atomic E-state index is 12.9. The van der Waals surface area contributed by atoms with Crippen LogP contribution in [0.5, 0.6) is 11.5 Å². The Balaban J connectivity index is 1.52. The van der Waals surface area contributed by atoms with E-state index in [-0.39, 0.29) is 5.91 Å². The molecule has 0 radical (unpaired) electrons. The molecule has 0 atom stereocenters. The van der Waals surface area contributed by atoms with Gasteiger partial charge in [-0.25, -0.2) is 4.98 Å². The number of oxazole rings is 1. The van der Waals surface area contributed by atoms with E-state index in [1.807, 2.05) is 48.5 Å². The first-order valence-electron chi connectivity index (χ1n) is 8.78. The van der Waals surface area contributed by atoms with Crippen molar-refractivity contribution in [1.29, 1.82) is 0 Å². The number of carbonyl (C=O) groups is 1. The van der Waals surface area contributed by atoms with E-state index < -0.39 is 0 Å². The summed E-state index contributed by atoms with van der Waals surface area (Å²) in [5.74, 6) is 2.22. The van der Waals surface area contributed by atoms with Crippen LogP contribution in [-0.4, -0.2) is 36.1 Å². The second kappa shape index (κ2) is 7.15. The van der Waals surface area contributed by atoms with Crippen molar-refractivity contribution in [2.24, 2.45) is 0 Å². The molecule has 0 saturated carbocycles. The molecular formula is C21H20N2O4. The quantitative estimate of drug-likeness (QED) is 0.706. The molecule has 1 aliphatic heterocycles. The van der Waals surface area contributed by atoms with Gasteiger partial charge in [0, 0.05) is 19.2 Å². The van der Waals surface area contributed by atoms with Gasteiger partial charge in [-0.05, 0) is 36.8 Å². The number of ether oxygens (including phenoxy) is 2. The summed E-state index contributed by atoms with van der Waals surface area (Å²) in [5.41, 5.74) is 2.13. The minimum atomic E-state index is -0.187. The topological polar surface area (TPSA) is 64.8 Å². The van der Waals surface area contributed by atoms with Gasteiger partial charge >= 0.3 is 0 Å². The van der Waals surface area contributed by atoms with Crippen molar-refractivity contribution in [3.05, 3.63) is 65.5 Å². The summed E-state index contributed by atoms with van der Waals surface area (Å²) in [4.78, 5) is 18.9. The van der Waals surface area contributed by atoms with Crippen LogP contribution in [0.25, 0.3) is 11.5 Å². The molecule has 0 saturated heterocycles. The third-order valence-corrected chi connectivity index (χ3v) is 4.39. The van der Waals surface area contributed by atoms with E-state index in [1.165, 1.54) is 0 Å². The van der Waals surface area contributed by atoms with Crippen molar-refractivity contribution in [3.8, 4) is 23.0 Å². The van der Waals surface area contributed by atoms with Crippen LogP contribution in [0.15, 0.2) is 52.9 Å². The number of carbonyl (C=O) groups excluding carboxylic acids is 1. The van der Waals surface area contributed by atoms with Gasteiger partial charge in [-0.15, -0.1) is 0 Å². The number of aryl methyl sites for hydroxylation is 1. The highest BCUT2D eigenvalue weighted by Crippen LogP contribution is 2.31. The molecule has 1 aliphatic rings. The van der Waals surface area contributed by atoms with E-state index in [0.29, 0.717) is 42.9 Å². The third kappa shape index (κ3) is 3.51. The third-order valence-electron chi connectivity index (χ3n) is 4.39. The largest absolute Gasteiger partial charge is 0.486 e. The first kappa shape index (κ1) is 17.1. The zero-order valence-electron chi connectivity index (χ0n) is 15.3. The number of hydrogen-bond acceptors (Lipinski definition) is 5. The SMILES string of the molecule is Cc1oc(-c2ccccc2)nc1C(=O)N(C)Cc1ccc2c(c1)OCCO2. The van der Waals surface area contributed by atoms with E-state index in [2.05, 4.69) is 4.98 Å². The van der Waals surface area contributed by atoms with Crippen molar-refractivity contribution in [2.75, 3.05) is 20.3 Å². The predicted molar refractivity (Wildman–Crippen MR) is 99.9 cm³/mol. The van der Waals surface area contributed by atoms with Gasteiger partial charge in [-0.1, -0.05) is 24.3 Å². The van der Waals surface area contributed by atoms with Crippen molar-refractivity contribution in [1.82, 2.24) is 9.88 Å². The molecular weight excluding hydrogens is 344 g/mol. The normalized spacial score (nSPS) is 12.7. The van der Waals surface area contributed by atoms with Crippen molar-refractivity contribution >= 4 is 5.91 Å². The monoisotopic (exact) mass is 364 g/mol. The summed E-state index contributed by atoms with van der Waals surface area (Å²) < 4.78 is 16.8. The highest BCUT2D eigenvalue weighted by Gasteiger charge is 2.22. The highest BCUT2D eigenvalue weighted by molar-refractivity contribution is 5.93.